The summed E-state index contributed by atoms with van der Waals surface area (Å²) in [6, 6.07) is 18.6. The highest BCUT2D eigenvalue weighted by Crippen LogP contribution is 2.36. The van der Waals surface area contributed by atoms with Crippen molar-refractivity contribution in [3.05, 3.63) is 71.3 Å². The summed E-state index contributed by atoms with van der Waals surface area (Å²) in [6.07, 6.45) is 5.59. The van der Waals surface area contributed by atoms with E-state index in [2.05, 4.69) is 91.8 Å². The molecule has 0 bridgehead atoms. The summed E-state index contributed by atoms with van der Waals surface area (Å²) in [7, 11) is 0. The molecule has 186 valence electrons. The standard InChI is InChI=1S/C12H24.C11H16O.C9H12/c1-9(2)11-5-7-12(8-6-11)10(3)4;1-8(2)10-4-6-11(7-5-10)9(3)12;1-8(2)9-6-4-3-5-7-9/h9-12H,5-8H2,1-4H3;4-9,12H,1-3H3;3-8H,1-2H3. The molecule has 0 aromatic heterocycles. The summed E-state index contributed by atoms with van der Waals surface area (Å²) < 4.78 is 0. The zero-order valence-electron chi connectivity index (χ0n) is 23.0. The molecule has 1 nitrogen and oxygen atoms in total. The first-order valence-corrected chi connectivity index (χ1v) is 13.4. The summed E-state index contributed by atoms with van der Waals surface area (Å²) in [5.41, 5.74) is 3.72. The second-order valence-corrected chi connectivity index (χ2v) is 11.2. The van der Waals surface area contributed by atoms with E-state index in [4.69, 9.17) is 0 Å². The summed E-state index contributed by atoms with van der Waals surface area (Å²) in [5.74, 6) is 5.11. The van der Waals surface area contributed by atoms with E-state index in [1.807, 2.05) is 18.2 Å². The van der Waals surface area contributed by atoms with Gasteiger partial charge in [-0.3, -0.25) is 0 Å². The Hall–Kier alpha value is -1.60. The Labute approximate surface area is 206 Å². The molecule has 0 saturated heterocycles. The first-order valence-electron chi connectivity index (χ1n) is 13.4. The van der Waals surface area contributed by atoms with Crippen LogP contribution in [0, 0.1) is 23.7 Å². The Kier molecular flexibility index (Phi) is 13.7. The number of aliphatic hydroxyl groups is 1. The highest BCUT2D eigenvalue weighted by molar-refractivity contribution is 5.25. The number of hydrogen-bond acceptors (Lipinski definition) is 1. The van der Waals surface area contributed by atoms with Crippen LogP contribution in [0.3, 0.4) is 0 Å². The van der Waals surface area contributed by atoms with Gasteiger partial charge in [-0.1, -0.05) is 110 Å². The molecule has 2 aromatic rings. The van der Waals surface area contributed by atoms with E-state index >= 15 is 0 Å². The zero-order chi connectivity index (χ0) is 25.0. The van der Waals surface area contributed by atoms with Gasteiger partial charge in [0, 0.05) is 0 Å². The van der Waals surface area contributed by atoms with E-state index < -0.39 is 0 Å². The minimum absolute atomic E-state index is 0.355. The number of rotatable bonds is 5. The van der Waals surface area contributed by atoms with Gasteiger partial charge < -0.3 is 5.11 Å². The first kappa shape index (κ1) is 29.4. The van der Waals surface area contributed by atoms with E-state index in [0.29, 0.717) is 11.8 Å². The Morgan fingerprint density at radius 2 is 0.848 bits per heavy atom. The zero-order valence-corrected chi connectivity index (χ0v) is 23.0. The fraction of sp³-hybridized carbons (Fsp3) is 0.625. The molecule has 33 heavy (non-hydrogen) atoms. The lowest BCUT2D eigenvalue weighted by molar-refractivity contribution is 0.189. The van der Waals surface area contributed by atoms with E-state index in [1.54, 1.807) is 6.92 Å². The van der Waals surface area contributed by atoms with E-state index in [1.165, 1.54) is 36.8 Å². The SMILES string of the molecule is CC(C)C1CCC(C(C)C)CC1.CC(C)c1ccc(C(C)O)cc1.CC(C)c1ccccc1. The van der Waals surface area contributed by atoms with Crippen molar-refractivity contribution in [2.75, 3.05) is 0 Å². The van der Waals surface area contributed by atoms with E-state index in [0.717, 1.165) is 29.2 Å². The second kappa shape index (κ2) is 15.3. The first-order chi connectivity index (χ1) is 15.5. The van der Waals surface area contributed by atoms with Crippen LogP contribution in [-0.2, 0) is 0 Å². The van der Waals surface area contributed by atoms with Crippen molar-refractivity contribution in [1.29, 1.82) is 0 Å². The lowest BCUT2D eigenvalue weighted by atomic mass is 9.73. The molecule has 1 aliphatic carbocycles. The van der Waals surface area contributed by atoms with E-state index in [-0.39, 0.29) is 6.10 Å². The van der Waals surface area contributed by atoms with Crippen molar-refractivity contribution in [2.45, 2.75) is 106 Å². The molecule has 0 spiro atoms. The predicted molar refractivity (Wildman–Crippen MR) is 147 cm³/mol. The Balaban J connectivity index is 0.000000250. The third kappa shape index (κ3) is 11.4. The molecular weight excluding hydrogens is 400 g/mol. The predicted octanol–water partition coefficient (Wildman–Crippen LogP) is 9.78. The summed E-state index contributed by atoms with van der Waals surface area (Å²) in [6.45, 7) is 20.0. The minimum Gasteiger partial charge on any atom is -0.389 e. The van der Waals surface area contributed by atoms with Gasteiger partial charge in [-0.15, -0.1) is 0 Å². The summed E-state index contributed by atoms with van der Waals surface area (Å²) >= 11 is 0. The van der Waals surface area contributed by atoms with Crippen molar-refractivity contribution in [3.8, 4) is 0 Å². The van der Waals surface area contributed by atoms with Crippen LogP contribution < -0.4 is 0 Å². The highest BCUT2D eigenvalue weighted by atomic mass is 16.3. The second-order valence-electron chi connectivity index (χ2n) is 11.2. The topological polar surface area (TPSA) is 20.2 Å². The molecule has 1 saturated carbocycles. The maximum absolute atomic E-state index is 9.25. The Bertz CT molecular complexity index is 674. The quantitative estimate of drug-likeness (QED) is 0.478. The van der Waals surface area contributed by atoms with E-state index in [9.17, 15) is 5.11 Å². The van der Waals surface area contributed by atoms with Crippen LogP contribution in [0.5, 0.6) is 0 Å². The molecule has 3 rings (SSSR count). The maximum atomic E-state index is 9.25. The van der Waals surface area contributed by atoms with Gasteiger partial charge in [-0.05, 0) is 84.8 Å². The van der Waals surface area contributed by atoms with Gasteiger partial charge in [0.15, 0.2) is 0 Å². The van der Waals surface area contributed by atoms with Gasteiger partial charge in [-0.25, -0.2) is 0 Å². The number of aliphatic hydroxyl groups excluding tert-OH is 1. The fourth-order valence-electron chi connectivity index (χ4n) is 4.48. The molecule has 0 aliphatic heterocycles. The third-order valence-electron chi connectivity index (χ3n) is 7.25. The molecule has 0 amide bonds. The van der Waals surface area contributed by atoms with Gasteiger partial charge in [0.25, 0.3) is 0 Å². The normalized spacial score (nSPS) is 19.1. The summed E-state index contributed by atoms with van der Waals surface area (Å²) in [4.78, 5) is 0. The smallest absolute Gasteiger partial charge is 0.0761 e. The molecule has 1 aliphatic rings. The maximum Gasteiger partial charge on any atom is 0.0761 e. The van der Waals surface area contributed by atoms with Crippen molar-refractivity contribution in [1.82, 2.24) is 0 Å². The van der Waals surface area contributed by atoms with Crippen LogP contribution in [0.25, 0.3) is 0 Å². The average molecular weight is 453 g/mol. The van der Waals surface area contributed by atoms with Gasteiger partial charge in [-0.2, -0.15) is 0 Å². The number of benzene rings is 2. The fourth-order valence-corrected chi connectivity index (χ4v) is 4.48. The Morgan fingerprint density at radius 1 is 0.515 bits per heavy atom. The third-order valence-corrected chi connectivity index (χ3v) is 7.25. The molecule has 1 unspecified atom stereocenters. The molecule has 0 heterocycles. The van der Waals surface area contributed by atoms with Crippen LogP contribution in [-0.4, -0.2) is 5.11 Å². The van der Waals surface area contributed by atoms with Crippen molar-refractivity contribution in [2.24, 2.45) is 23.7 Å². The van der Waals surface area contributed by atoms with Gasteiger partial charge in [0.05, 0.1) is 6.10 Å². The highest BCUT2D eigenvalue weighted by Gasteiger charge is 2.24. The van der Waals surface area contributed by atoms with Crippen LogP contribution in [0.4, 0.5) is 0 Å². The lowest BCUT2D eigenvalue weighted by Gasteiger charge is -2.32. The van der Waals surface area contributed by atoms with Crippen molar-refractivity contribution in [3.63, 3.8) is 0 Å². The van der Waals surface area contributed by atoms with Crippen molar-refractivity contribution < 1.29 is 5.11 Å². The molecule has 1 atom stereocenters. The average Bonchev–Trinajstić information content (AvgIpc) is 2.80. The Morgan fingerprint density at radius 3 is 1.12 bits per heavy atom. The molecule has 1 N–H and O–H groups in total. The van der Waals surface area contributed by atoms with Gasteiger partial charge in [0.1, 0.15) is 0 Å². The largest absolute Gasteiger partial charge is 0.389 e. The lowest BCUT2D eigenvalue weighted by Crippen LogP contribution is -2.21. The minimum atomic E-state index is -0.355. The van der Waals surface area contributed by atoms with Crippen LogP contribution in [0.15, 0.2) is 54.6 Å². The van der Waals surface area contributed by atoms with Gasteiger partial charge >= 0.3 is 0 Å². The van der Waals surface area contributed by atoms with Crippen LogP contribution >= 0.6 is 0 Å². The monoisotopic (exact) mass is 452 g/mol. The van der Waals surface area contributed by atoms with Gasteiger partial charge in [0.2, 0.25) is 0 Å². The molecule has 1 fully saturated rings. The summed E-state index contributed by atoms with van der Waals surface area (Å²) in [5, 5.41) is 9.25. The van der Waals surface area contributed by atoms with Crippen LogP contribution in [0.1, 0.15) is 123 Å². The molecule has 1 heteroatoms. The van der Waals surface area contributed by atoms with Crippen molar-refractivity contribution >= 4 is 0 Å². The molecule has 0 radical (unpaired) electrons. The number of hydrogen-bond donors (Lipinski definition) is 1. The molecule has 2 aromatic carbocycles. The molecular formula is C32H52O. The van der Waals surface area contributed by atoms with Crippen LogP contribution in [0.2, 0.25) is 0 Å².